The van der Waals surface area contributed by atoms with Crippen molar-refractivity contribution < 1.29 is 19.2 Å². The minimum Gasteiger partial charge on any atom is -0.354 e. The summed E-state index contributed by atoms with van der Waals surface area (Å²) in [6.45, 7) is 9.18. The predicted molar refractivity (Wildman–Crippen MR) is 211 cm³/mol. The molecule has 0 spiro atoms. The van der Waals surface area contributed by atoms with Gasteiger partial charge in [-0.3, -0.25) is 19.2 Å². The molecule has 0 fully saturated rings. The molecular formula is C42H68N6O4. The standard InChI is InChI=1S/C42H68N6O4/c1-5-31(3)37(47-39(49)35(43)29-33-23-17-15-18-24-33)41(51)45-27-21-13-11-9-7-8-10-12-14-22-28-46-42(52)38(32(4)6-2)48-40(50)36(44)30-34-25-19-16-20-26-34/h15-20,23-26,31-32,35-38H,5-14,21-22,27-30,43-44H2,1-4H3,(H,45,51)(H,46,52)(H,47,49)(H,48,50)/t31-,32-,35-,36-,37-,38-/m0/s1. The van der Waals surface area contributed by atoms with E-state index in [1.54, 1.807) is 0 Å². The largest absolute Gasteiger partial charge is 0.354 e. The van der Waals surface area contributed by atoms with Gasteiger partial charge in [-0.1, -0.05) is 153 Å². The Labute approximate surface area is 313 Å². The average Bonchev–Trinajstić information content (AvgIpc) is 3.15. The third-order valence-electron chi connectivity index (χ3n) is 10.1. The van der Waals surface area contributed by atoms with E-state index in [2.05, 4.69) is 21.3 Å². The first kappa shape index (κ1) is 44.4. The molecule has 0 aliphatic carbocycles. The number of nitrogens with one attached hydrogen (secondary N) is 4. The van der Waals surface area contributed by atoms with Crippen LogP contribution in [0.15, 0.2) is 60.7 Å². The molecule has 0 saturated carbocycles. The number of hydrogen-bond donors (Lipinski definition) is 6. The van der Waals surface area contributed by atoms with Crippen molar-refractivity contribution in [3.63, 3.8) is 0 Å². The lowest BCUT2D eigenvalue weighted by Gasteiger charge is -2.25. The van der Waals surface area contributed by atoms with Crippen LogP contribution in [-0.4, -0.2) is 60.9 Å². The fraction of sp³-hybridized carbons (Fsp3) is 0.619. The lowest BCUT2D eigenvalue weighted by atomic mass is 9.97. The van der Waals surface area contributed by atoms with Gasteiger partial charge in [-0.15, -0.1) is 0 Å². The number of benzene rings is 2. The maximum absolute atomic E-state index is 13.0. The van der Waals surface area contributed by atoms with Gasteiger partial charge in [-0.05, 0) is 48.6 Å². The van der Waals surface area contributed by atoms with Crippen LogP contribution in [0, 0.1) is 11.8 Å². The summed E-state index contributed by atoms with van der Waals surface area (Å²) >= 11 is 0. The molecule has 0 aliphatic rings. The van der Waals surface area contributed by atoms with Crippen molar-refractivity contribution in [2.75, 3.05) is 13.1 Å². The number of nitrogens with two attached hydrogens (primary N) is 2. The summed E-state index contributed by atoms with van der Waals surface area (Å²) in [6, 6.07) is 16.7. The molecule has 0 aromatic heterocycles. The third-order valence-corrected chi connectivity index (χ3v) is 10.1. The van der Waals surface area contributed by atoms with Crippen molar-refractivity contribution in [2.45, 2.75) is 142 Å². The summed E-state index contributed by atoms with van der Waals surface area (Å²) in [4.78, 5) is 51.5. The van der Waals surface area contributed by atoms with E-state index in [-0.39, 0.29) is 35.5 Å². The van der Waals surface area contributed by atoms with Gasteiger partial charge in [0.15, 0.2) is 0 Å². The van der Waals surface area contributed by atoms with Crippen LogP contribution >= 0.6 is 0 Å². The fourth-order valence-corrected chi connectivity index (χ4v) is 6.15. The molecular weight excluding hydrogens is 652 g/mol. The molecule has 4 amide bonds. The van der Waals surface area contributed by atoms with Gasteiger partial charge in [-0.25, -0.2) is 0 Å². The van der Waals surface area contributed by atoms with Crippen molar-refractivity contribution in [3.05, 3.63) is 71.8 Å². The molecule has 0 bridgehead atoms. The highest BCUT2D eigenvalue weighted by atomic mass is 16.2. The first-order chi connectivity index (χ1) is 25.1. The second-order valence-corrected chi connectivity index (χ2v) is 14.5. The first-order valence-corrected chi connectivity index (χ1v) is 19.8. The molecule has 0 heterocycles. The van der Waals surface area contributed by atoms with E-state index in [9.17, 15) is 19.2 Å². The van der Waals surface area contributed by atoms with E-state index in [0.717, 1.165) is 62.5 Å². The van der Waals surface area contributed by atoms with Gasteiger partial charge in [0, 0.05) is 13.1 Å². The molecule has 0 radical (unpaired) electrons. The van der Waals surface area contributed by atoms with Gasteiger partial charge in [0.25, 0.3) is 0 Å². The zero-order valence-corrected chi connectivity index (χ0v) is 32.3. The van der Waals surface area contributed by atoms with Crippen LogP contribution in [0.3, 0.4) is 0 Å². The Morgan fingerprint density at radius 2 is 0.808 bits per heavy atom. The molecule has 8 N–H and O–H groups in total. The van der Waals surface area contributed by atoms with Crippen molar-refractivity contribution in [3.8, 4) is 0 Å². The molecule has 10 nitrogen and oxygen atoms in total. The van der Waals surface area contributed by atoms with Crippen molar-refractivity contribution >= 4 is 23.6 Å². The molecule has 0 saturated heterocycles. The second-order valence-electron chi connectivity index (χ2n) is 14.5. The van der Waals surface area contributed by atoms with Gasteiger partial charge in [-0.2, -0.15) is 0 Å². The Kier molecular flexibility index (Phi) is 22.3. The number of hydrogen-bond acceptors (Lipinski definition) is 6. The molecule has 10 heteroatoms. The number of unbranched alkanes of at least 4 members (excludes halogenated alkanes) is 9. The average molecular weight is 721 g/mol. The van der Waals surface area contributed by atoms with Crippen LogP contribution in [0.4, 0.5) is 0 Å². The van der Waals surface area contributed by atoms with E-state index >= 15 is 0 Å². The molecule has 2 aromatic carbocycles. The lowest BCUT2D eigenvalue weighted by molar-refractivity contribution is -0.130. The monoisotopic (exact) mass is 721 g/mol. The molecule has 2 aromatic rings. The van der Waals surface area contributed by atoms with Crippen molar-refractivity contribution in [1.29, 1.82) is 0 Å². The number of rotatable bonds is 27. The molecule has 0 unspecified atom stereocenters. The SMILES string of the molecule is CC[C@H](C)[C@H](NC(=O)[C@@H](N)Cc1ccccc1)C(=O)NCCCCCCCCCCCCNC(=O)[C@@H](NC(=O)[C@@H](N)Cc1ccccc1)[C@@H](C)CC. The molecule has 52 heavy (non-hydrogen) atoms. The summed E-state index contributed by atoms with van der Waals surface area (Å²) in [6.07, 6.45) is 13.3. The van der Waals surface area contributed by atoms with Gasteiger partial charge in [0.2, 0.25) is 23.6 Å². The number of carbonyl (C=O) groups is 4. The Bertz CT molecular complexity index is 1190. The van der Waals surface area contributed by atoms with Gasteiger partial charge in [0.05, 0.1) is 12.1 Å². The maximum atomic E-state index is 13.0. The van der Waals surface area contributed by atoms with Gasteiger partial charge >= 0.3 is 0 Å². The summed E-state index contributed by atoms with van der Waals surface area (Å²) in [7, 11) is 0. The molecule has 0 aliphatic heterocycles. The number of carbonyl (C=O) groups excluding carboxylic acids is 4. The Morgan fingerprint density at radius 1 is 0.500 bits per heavy atom. The van der Waals surface area contributed by atoms with E-state index in [0.29, 0.717) is 25.9 Å². The highest BCUT2D eigenvalue weighted by Crippen LogP contribution is 2.13. The van der Waals surface area contributed by atoms with Crippen LogP contribution in [0.25, 0.3) is 0 Å². The minimum absolute atomic E-state index is 0.00305. The zero-order valence-electron chi connectivity index (χ0n) is 32.3. The van der Waals surface area contributed by atoms with Crippen LogP contribution in [0.2, 0.25) is 0 Å². The minimum atomic E-state index is -0.708. The third kappa shape index (κ3) is 17.6. The Morgan fingerprint density at radius 3 is 1.12 bits per heavy atom. The van der Waals surface area contributed by atoms with Crippen LogP contribution in [0.1, 0.15) is 116 Å². The van der Waals surface area contributed by atoms with E-state index < -0.39 is 24.2 Å². The van der Waals surface area contributed by atoms with Gasteiger partial charge in [0.1, 0.15) is 12.1 Å². The fourth-order valence-electron chi connectivity index (χ4n) is 6.15. The molecule has 6 atom stereocenters. The van der Waals surface area contributed by atoms with E-state index in [1.165, 1.54) is 25.7 Å². The smallest absolute Gasteiger partial charge is 0.242 e. The Balaban J connectivity index is 1.53. The summed E-state index contributed by atoms with van der Waals surface area (Å²) in [5.41, 5.74) is 14.3. The highest BCUT2D eigenvalue weighted by molar-refractivity contribution is 5.90. The normalized spacial score (nSPS) is 14.7. The van der Waals surface area contributed by atoms with Gasteiger partial charge < -0.3 is 32.7 Å². The van der Waals surface area contributed by atoms with Crippen molar-refractivity contribution in [2.24, 2.45) is 23.3 Å². The van der Waals surface area contributed by atoms with Crippen LogP contribution in [-0.2, 0) is 32.0 Å². The first-order valence-electron chi connectivity index (χ1n) is 19.8. The lowest BCUT2D eigenvalue weighted by Crippen LogP contribution is -2.54. The second kappa shape index (κ2) is 26.1. The zero-order chi connectivity index (χ0) is 38.1. The Hall–Kier alpha value is -3.76. The van der Waals surface area contributed by atoms with E-state index in [1.807, 2.05) is 88.4 Å². The summed E-state index contributed by atoms with van der Waals surface area (Å²) in [5.74, 6) is -0.882. The molecule has 2 rings (SSSR count). The highest BCUT2D eigenvalue weighted by Gasteiger charge is 2.29. The topological polar surface area (TPSA) is 168 Å². The van der Waals surface area contributed by atoms with Crippen molar-refractivity contribution in [1.82, 2.24) is 21.3 Å². The number of amides is 4. The van der Waals surface area contributed by atoms with E-state index in [4.69, 9.17) is 11.5 Å². The summed E-state index contributed by atoms with van der Waals surface area (Å²) < 4.78 is 0. The quantitative estimate of drug-likeness (QED) is 0.0683. The van der Waals surface area contributed by atoms with Crippen LogP contribution < -0.4 is 32.7 Å². The maximum Gasteiger partial charge on any atom is 0.242 e. The van der Waals surface area contributed by atoms with Crippen LogP contribution in [0.5, 0.6) is 0 Å². The predicted octanol–water partition coefficient (Wildman–Crippen LogP) is 5.32. The summed E-state index contributed by atoms with van der Waals surface area (Å²) in [5, 5.41) is 11.9. The molecule has 290 valence electrons.